The molecule has 1 heterocycles. The average molecular weight is 430 g/mol. The van der Waals surface area contributed by atoms with Crippen LogP contribution in [0.5, 0.6) is 0 Å². The number of carbonyl (C=O) groups excluding carboxylic acids is 1. The molecular formula is C22H24ClN3O4. The molecule has 0 spiro atoms. The zero-order valence-corrected chi connectivity index (χ0v) is 17.3. The largest absolute Gasteiger partial charge is 0.381 e. The summed E-state index contributed by atoms with van der Waals surface area (Å²) >= 11 is 6.05. The van der Waals surface area contributed by atoms with Gasteiger partial charge in [-0.15, -0.1) is 0 Å². The van der Waals surface area contributed by atoms with E-state index < -0.39 is 4.92 Å². The van der Waals surface area contributed by atoms with Gasteiger partial charge in [0.25, 0.3) is 11.6 Å². The van der Waals surface area contributed by atoms with Crippen LogP contribution >= 0.6 is 11.6 Å². The molecule has 1 saturated heterocycles. The number of hydrogen-bond donors (Lipinski definition) is 2. The predicted molar refractivity (Wildman–Crippen MR) is 115 cm³/mol. The number of nitro benzene ring substituents is 1. The molecular weight excluding hydrogens is 406 g/mol. The van der Waals surface area contributed by atoms with Gasteiger partial charge in [-0.05, 0) is 55.5 Å². The monoisotopic (exact) mass is 429 g/mol. The Morgan fingerprint density at radius 2 is 1.87 bits per heavy atom. The van der Waals surface area contributed by atoms with E-state index in [2.05, 4.69) is 10.6 Å². The Morgan fingerprint density at radius 3 is 2.50 bits per heavy atom. The fraction of sp³-hybridized carbons (Fsp3) is 0.409. The van der Waals surface area contributed by atoms with Crippen molar-refractivity contribution in [3.8, 4) is 0 Å². The van der Waals surface area contributed by atoms with Crippen molar-refractivity contribution in [3.63, 3.8) is 0 Å². The summed E-state index contributed by atoms with van der Waals surface area (Å²) in [5.74, 6) is -0.269. The van der Waals surface area contributed by atoms with Gasteiger partial charge < -0.3 is 15.4 Å². The molecule has 2 aliphatic rings. The molecule has 0 unspecified atom stereocenters. The van der Waals surface area contributed by atoms with Crippen LogP contribution in [0.4, 0.5) is 11.4 Å². The van der Waals surface area contributed by atoms with Crippen molar-refractivity contribution in [1.29, 1.82) is 0 Å². The van der Waals surface area contributed by atoms with E-state index in [0.717, 1.165) is 31.2 Å². The minimum atomic E-state index is -0.449. The lowest BCUT2D eigenvalue weighted by atomic mass is 9.74. The van der Waals surface area contributed by atoms with Crippen LogP contribution in [0.1, 0.15) is 41.6 Å². The van der Waals surface area contributed by atoms with Crippen LogP contribution < -0.4 is 10.6 Å². The van der Waals surface area contributed by atoms with Gasteiger partial charge in [0.2, 0.25) is 0 Å². The van der Waals surface area contributed by atoms with Gasteiger partial charge in [0.15, 0.2) is 0 Å². The second kappa shape index (κ2) is 8.62. The molecule has 2 fully saturated rings. The zero-order valence-electron chi connectivity index (χ0n) is 16.5. The van der Waals surface area contributed by atoms with Crippen molar-refractivity contribution in [1.82, 2.24) is 5.32 Å². The highest BCUT2D eigenvalue weighted by molar-refractivity contribution is 6.30. The molecule has 8 heteroatoms. The maximum atomic E-state index is 12.3. The van der Waals surface area contributed by atoms with E-state index in [1.165, 1.54) is 6.07 Å². The first-order valence-electron chi connectivity index (χ1n) is 10.1. The first-order chi connectivity index (χ1) is 14.5. The fourth-order valence-electron chi connectivity index (χ4n) is 3.87. The summed E-state index contributed by atoms with van der Waals surface area (Å²) in [4.78, 5) is 23.5. The van der Waals surface area contributed by atoms with Gasteiger partial charge in [-0.25, -0.2) is 0 Å². The summed E-state index contributed by atoms with van der Waals surface area (Å²) in [6.45, 7) is 1.78. The number of nitro groups is 1. The molecule has 30 heavy (non-hydrogen) atoms. The van der Waals surface area contributed by atoms with Crippen LogP contribution in [0.25, 0.3) is 0 Å². The Morgan fingerprint density at radius 1 is 1.17 bits per heavy atom. The number of amides is 1. The first-order valence-corrected chi connectivity index (χ1v) is 10.5. The van der Waals surface area contributed by atoms with Gasteiger partial charge in [0.05, 0.1) is 4.92 Å². The summed E-state index contributed by atoms with van der Waals surface area (Å²) < 4.78 is 5.56. The molecule has 0 atom stereocenters. The second-order valence-electron chi connectivity index (χ2n) is 7.99. The van der Waals surface area contributed by atoms with Crippen molar-refractivity contribution in [2.45, 2.75) is 37.1 Å². The molecule has 158 valence electrons. The number of carbonyl (C=O) groups is 1. The van der Waals surface area contributed by atoms with E-state index in [1.807, 2.05) is 24.3 Å². The topological polar surface area (TPSA) is 93.5 Å². The smallest absolute Gasteiger partial charge is 0.293 e. The minimum Gasteiger partial charge on any atom is -0.381 e. The number of rotatable bonds is 7. The van der Waals surface area contributed by atoms with Crippen molar-refractivity contribution in [2.24, 2.45) is 0 Å². The van der Waals surface area contributed by atoms with Gasteiger partial charge >= 0.3 is 0 Å². The van der Waals surface area contributed by atoms with Crippen LogP contribution in [0.2, 0.25) is 5.02 Å². The molecule has 4 rings (SSSR count). The second-order valence-corrected chi connectivity index (χ2v) is 8.43. The Balaban J connectivity index is 1.56. The van der Waals surface area contributed by atoms with E-state index in [1.54, 1.807) is 12.1 Å². The lowest BCUT2D eigenvalue weighted by Crippen LogP contribution is -2.40. The third kappa shape index (κ3) is 4.57. The number of nitrogens with zero attached hydrogens (tertiary/aromatic N) is 1. The molecule has 2 aromatic rings. The van der Waals surface area contributed by atoms with Crippen molar-refractivity contribution < 1.29 is 14.5 Å². The van der Waals surface area contributed by atoms with E-state index in [0.29, 0.717) is 36.0 Å². The summed E-state index contributed by atoms with van der Waals surface area (Å²) in [5, 5.41) is 18.5. The Hall–Kier alpha value is -2.64. The molecule has 1 saturated carbocycles. The molecule has 2 N–H and O–H groups in total. The summed E-state index contributed by atoms with van der Waals surface area (Å²) in [6.07, 6.45) is 3.53. The molecule has 1 aliphatic heterocycles. The summed E-state index contributed by atoms with van der Waals surface area (Å²) in [7, 11) is 0. The summed E-state index contributed by atoms with van der Waals surface area (Å²) in [5.41, 5.74) is 1.53. The van der Waals surface area contributed by atoms with Crippen LogP contribution in [0.3, 0.4) is 0 Å². The predicted octanol–water partition coefficient (Wildman–Crippen LogP) is 4.30. The van der Waals surface area contributed by atoms with Crippen LogP contribution in [-0.2, 0) is 10.2 Å². The van der Waals surface area contributed by atoms with Crippen LogP contribution in [-0.4, -0.2) is 36.6 Å². The Bertz CT molecular complexity index is 938. The van der Waals surface area contributed by atoms with Gasteiger partial charge in [-0.3, -0.25) is 14.9 Å². The third-order valence-electron chi connectivity index (χ3n) is 5.89. The highest BCUT2D eigenvalue weighted by atomic mass is 35.5. The maximum Gasteiger partial charge on any atom is 0.293 e. The zero-order chi connectivity index (χ0) is 21.1. The molecule has 2 aromatic carbocycles. The third-order valence-corrected chi connectivity index (χ3v) is 6.14. The van der Waals surface area contributed by atoms with E-state index in [-0.39, 0.29) is 23.1 Å². The fourth-order valence-corrected chi connectivity index (χ4v) is 3.99. The lowest BCUT2D eigenvalue weighted by molar-refractivity contribution is -0.384. The van der Waals surface area contributed by atoms with E-state index in [4.69, 9.17) is 16.3 Å². The van der Waals surface area contributed by atoms with Crippen molar-refractivity contribution >= 4 is 28.9 Å². The maximum absolute atomic E-state index is 12.3. The van der Waals surface area contributed by atoms with Crippen molar-refractivity contribution in [2.75, 3.05) is 25.1 Å². The van der Waals surface area contributed by atoms with E-state index >= 15 is 0 Å². The SMILES string of the molecule is O=C(NC1CC1)c1ccc(NCC2(c3ccc(Cl)cc3)CCOCC2)c([N+](=O)[O-])c1. The van der Waals surface area contributed by atoms with Crippen molar-refractivity contribution in [3.05, 3.63) is 68.7 Å². The molecule has 1 amide bonds. The summed E-state index contributed by atoms with van der Waals surface area (Å²) in [6, 6.07) is 12.5. The molecule has 0 bridgehead atoms. The normalized spacial score (nSPS) is 17.9. The lowest BCUT2D eigenvalue weighted by Gasteiger charge is -2.38. The molecule has 0 aromatic heterocycles. The average Bonchev–Trinajstić information content (AvgIpc) is 3.57. The Labute approximate surface area is 179 Å². The van der Waals surface area contributed by atoms with Gasteiger partial charge in [-0.1, -0.05) is 23.7 Å². The minimum absolute atomic E-state index is 0.100. The molecule has 7 nitrogen and oxygen atoms in total. The number of ether oxygens (including phenoxy) is 1. The Kier molecular flexibility index (Phi) is 5.92. The number of hydrogen-bond acceptors (Lipinski definition) is 5. The first kappa shape index (κ1) is 20.6. The van der Waals surface area contributed by atoms with E-state index in [9.17, 15) is 14.9 Å². The van der Waals surface area contributed by atoms with Gasteiger partial charge in [-0.2, -0.15) is 0 Å². The van der Waals surface area contributed by atoms with Gasteiger partial charge in [0.1, 0.15) is 5.69 Å². The van der Waals surface area contributed by atoms with Crippen LogP contribution in [0, 0.1) is 10.1 Å². The van der Waals surface area contributed by atoms with Gasteiger partial charge in [0, 0.05) is 47.9 Å². The number of anilines is 1. The molecule has 1 aliphatic carbocycles. The standard InChI is InChI=1S/C22H24ClN3O4/c23-17-4-2-16(3-5-17)22(9-11-30-12-10-22)14-24-19-8-1-15(13-20(19)26(28)29)21(27)25-18-6-7-18/h1-5,8,13,18,24H,6-7,9-12,14H2,(H,25,27). The highest BCUT2D eigenvalue weighted by Gasteiger charge is 2.35. The molecule has 0 radical (unpaired) electrons. The number of halogens is 1. The number of nitrogens with one attached hydrogen (secondary N) is 2. The van der Waals surface area contributed by atoms with Crippen LogP contribution in [0.15, 0.2) is 42.5 Å². The number of benzene rings is 2. The highest BCUT2D eigenvalue weighted by Crippen LogP contribution is 2.37. The quantitative estimate of drug-likeness (QED) is 0.505.